The van der Waals surface area contributed by atoms with Gasteiger partial charge in [0.05, 0.1) is 6.54 Å². The molecule has 0 radical (unpaired) electrons. The summed E-state index contributed by atoms with van der Waals surface area (Å²) in [7, 11) is -3.62. The maximum Gasteiger partial charge on any atom is 0.278 e. The van der Waals surface area contributed by atoms with Gasteiger partial charge >= 0.3 is 0 Å². The molecule has 0 aliphatic carbocycles. The predicted octanol–water partition coefficient (Wildman–Crippen LogP) is 1.07. The summed E-state index contributed by atoms with van der Waals surface area (Å²) in [5.41, 5.74) is 0.760. The topological polar surface area (TPSA) is 99.2 Å². The minimum absolute atomic E-state index is 0.169. The van der Waals surface area contributed by atoms with Crippen LogP contribution >= 0.6 is 22.9 Å². The molecule has 0 aliphatic rings. The summed E-state index contributed by atoms with van der Waals surface area (Å²) in [4.78, 5) is 21.2. The first kappa shape index (κ1) is 16.1. The number of halogens is 1. The Hall–Kier alpha value is -1.78. The molecular formula is C12H12ClN5O3S2. The zero-order valence-electron chi connectivity index (χ0n) is 12.4. The molecule has 8 nitrogen and oxygen atoms in total. The van der Waals surface area contributed by atoms with E-state index in [0.29, 0.717) is 22.3 Å². The van der Waals surface area contributed by atoms with Crippen LogP contribution in [-0.4, -0.2) is 38.8 Å². The average molecular weight is 374 g/mol. The molecule has 3 heterocycles. The van der Waals surface area contributed by atoms with Crippen molar-refractivity contribution in [2.24, 2.45) is 0 Å². The summed E-state index contributed by atoms with van der Waals surface area (Å²) >= 11 is 7.14. The average Bonchev–Trinajstić information content (AvgIpc) is 3.07. The second-order valence-electron chi connectivity index (χ2n) is 5.06. The Balaban J connectivity index is 2.31. The van der Waals surface area contributed by atoms with E-state index in [2.05, 4.69) is 15.1 Å². The number of thiazole rings is 1. The molecule has 0 amide bonds. The van der Waals surface area contributed by atoms with Crippen molar-refractivity contribution in [3.63, 3.8) is 0 Å². The maximum atomic E-state index is 12.3. The Labute approximate surface area is 140 Å². The molecule has 0 saturated heterocycles. The molecule has 11 heteroatoms. The molecule has 0 aromatic carbocycles. The summed E-state index contributed by atoms with van der Waals surface area (Å²) in [5, 5.41) is 3.46. The van der Waals surface area contributed by atoms with Gasteiger partial charge in [-0.3, -0.25) is 4.79 Å². The zero-order chi connectivity index (χ0) is 16.9. The van der Waals surface area contributed by atoms with Crippen LogP contribution in [0.4, 0.5) is 0 Å². The van der Waals surface area contributed by atoms with Crippen LogP contribution in [0.5, 0.6) is 0 Å². The van der Waals surface area contributed by atoms with E-state index in [1.54, 1.807) is 24.6 Å². The number of hydrogen-bond donors (Lipinski definition) is 0. The summed E-state index contributed by atoms with van der Waals surface area (Å²) in [6.07, 6.45) is 2.63. The van der Waals surface area contributed by atoms with Crippen molar-refractivity contribution in [3.8, 4) is 0 Å². The highest BCUT2D eigenvalue weighted by Crippen LogP contribution is 2.20. The summed E-state index contributed by atoms with van der Waals surface area (Å²) in [6.45, 7) is 3.80. The molecule has 3 rings (SSSR count). The van der Waals surface area contributed by atoms with Crippen molar-refractivity contribution < 1.29 is 8.42 Å². The van der Waals surface area contributed by atoms with Gasteiger partial charge in [0.25, 0.3) is 10.7 Å². The van der Waals surface area contributed by atoms with Crippen LogP contribution < -0.4 is 5.56 Å². The molecule has 0 N–H and O–H groups in total. The van der Waals surface area contributed by atoms with Crippen LogP contribution in [0, 0.1) is 13.8 Å². The second-order valence-corrected chi connectivity index (χ2v) is 8.67. The highest BCUT2D eigenvalue weighted by molar-refractivity contribution is 7.90. The fourth-order valence-corrected chi connectivity index (χ4v) is 3.57. The Bertz CT molecular complexity index is 1080. The number of sulfone groups is 1. The van der Waals surface area contributed by atoms with E-state index in [0.717, 1.165) is 15.6 Å². The van der Waals surface area contributed by atoms with Crippen LogP contribution in [0.3, 0.4) is 0 Å². The minimum atomic E-state index is -3.62. The fraction of sp³-hybridized carbons (Fsp3) is 0.333. The smallest absolute Gasteiger partial charge is 0.278 e. The van der Waals surface area contributed by atoms with Crippen LogP contribution in [0.1, 0.15) is 16.1 Å². The number of hydrogen-bond acceptors (Lipinski definition) is 7. The highest BCUT2D eigenvalue weighted by Gasteiger charge is 2.20. The number of fused-ring (bicyclic) bond motifs is 1. The van der Waals surface area contributed by atoms with Gasteiger partial charge in [-0.2, -0.15) is 9.50 Å². The Kier molecular flexibility index (Phi) is 3.77. The summed E-state index contributed by atoms with van der Waals surface area (Å²) in [6, 6.07) is 0. The molecule has 3 aromatic heterocycles. The van der Waals surface area contributed by atoms with Crippen molar-refractivity contribution in [2.75, 3.05) is 6.26 Å². The van der Waals surface area contributed by atoms with Gasteiger partial charge in [0.2, 0.25) is 15.6 Å². The first-order chi connectivity index (χ1) is 10.7. The minimum Gasteiger partial charge on any atom is -0.309 e. The van der Waals surface area contributed by atoms with Gasteiger partial charge in [-0.15, -0.1) is 16.4 Å². The molecule has 0 aliphatic heterocycles. The highest BCUT2D eigenvalue weighted by atomic mass is 35.5. The van der Waals surface area contributed by atoms with E-state index >= 15 is 0 Å². The third kappa shape index (κ3) is 2.77. The van der Waals surface area contributed by atoms with E-state index in [-0.39, 0.29) is 10.9 Å². The first-order valence-electron chi connectivity index (χ1n) is 6.45. The molecule has 0 unspecified atom stereocenters. The largest absolute Gasteiger partial charge is 0.309 e. The van der Waals surface area contributed by atoms with Crippen LogP contribution in [0.2, 0.25) is 4.47 Å². The van der Waals surface area contributed by atoms with Gasteiger partial charge in [0.15, 0.2) is 4.47 Å². The predicted molar refractivity (Wildman–Crippen MR) is 86.1 cm³/mol. The Morgan fingerprint density at radius 3 is 2.61 bits per heavy atom. The second kappa shape index (κ2) is 5.39. The Morgan fingerprint density at radius 1 is 1.35 bits per heavy atom. The van der Waals surface area contributed by atoms with Crippen molar-refractivity contribution in [1.82, 2.24) is 24.1 Å². The third-order valence-corrected chi connectivity index (χ3v) is 5.38. The van der Waals surface area contributed by atoms with Gasteiger partial charge in [0, 0.05) is 28.6 Å². The van der Waals surface area contributed by atoms with E-state index in [4.69, 9.17) is 11.6 Å². The fourth-order valence-electron chi connectivity index (χ4n) is 2.12. The van der Waals surface area contributed by atoms with Crippen LogP contribution in [0.15, 0.2) is 16.1 Å². The lowest BCUT2D eigenvalue weighted by atomic mass is 10.2. The van der Waals surface area contributed by atoms with Crippen LogP contribution in [0.25, 0.3) is 5.78 Å². The van der Waals surface area contributed by atoms with Crippen molar-refractivity contribution >= 4 is 38.6 Å². The number of nitrogens with zero attached hydrogens (tertiary/aromatic N) is 5. The Morgan fingerprint density at radius 2 is 2.04 bits per heavy atom. The van der Waals surface area contributed by atoms with Gasteiger partial charge in [-0.25, -0.2) is 13.4 Å². The standard InChI is InChI=1S/C12H12ClN5O3S2/c1-6-7(2)17(5-8-4-14-10(13)22-8)12-15-11(23(3,20)21)16-18(12)9(6)19/h4H,5H2,1-3H3. The molecule has 122 valence electrons. The van der Waals surface area contributed by atoms with Crippen molar-refractivity contribution in [1.29, 1.82) is 0 Å². The quantitative estimate of drug-likeness (QED) is 0.680. The van der Waals surface area contributed by atoms with Crippen molar-refractivity contribution in [2.45, 2.75) is 25.5 Å². The SMILES string of the molecule is Cc1c(C)n(Cc2cnc(Cl)s2)c2nc(S(C)(=O)=O)nn2c1=O. The summed E-state index contributed by atoms with van der Waals surface area (Å²) in [5.74, 6) is 0.169. The number of rotatable bonds is 3. The van der Waals surface area contributed by atoms with Gasteiger partial charge < -0.3 is 4.57 Å². The lowest BCUT2D eigenvalue weighted by Crippen LogP contribution is -2.24. The van der Waals surface area contributed by atoms with E-state index < -0.39 is 15.4 Å². The molecule has 0 atom stereocenters. The van der Waals surface area contributed by atoms with Gasteiger partial charge in [0.1, 0.15) is 0 Å². The molecular weight excluding hydrogens is 362 g/mol. The van der Waals surface area contributed by atoms with E-state index in [1.807, 2.05) is 0 Å². The molecule has 0 fully saturated rings. The molecule has 0 saturated carbocycles. The van der Waals surface area contributed by atoms with Gasteiger partial charge in [-0.05, 0) is 13.8 Å². The third-order valence-electron chi connectivity index (χ3n) is 3.44. The normalized spacial score (nSPS) is 12.2. The molecule has 0 bridgehead atoms. The van der Waals surface area contributed by atoms with Crippen LogP contribution in [-0.2, 0) is 16.4 Å². The number of aromatic nitrogens is 5. The molecule has 3 aromatic rings. The van der Waals surface area contributed by atoms with Crippen molar-refractivity contribution in [3.05, 3.63) is 37.2 Å². The maximum absolute atomic E-state index is 12.3. The molecule has 0 spiro atoms. The first-order valence-corrected chi connectivity index (χ1v) is 9.54. The lowest BCUT2D eigenvalue weighted by Gasteiger charge is -2.12. The molecule has 23 heavy (non-hydrogen) atoms. The van der Waals surface area contributed by atoms with E-state index in [1.165, 1.54) is 11.3 Å². The van der Waals surface area contributed by atoms with E-state index in [9.17, 15) is 13.2 Å². The monoisotopic (exact) mass is 373 g/mol. The lowest BCUT2D eigenvalue weighted by molar-refractivity contribution is 0.592. The zero-order valence-corrected chi connectivity index (χ0v) is 14.8. The van der Waals surface area contributed by atoms with Gasteiger partial charge in [-0.1, -0.05) is 11.6 Å². The summed E-state index contributed by atoms with van der Waals surface area (Å²) < 4.78 is 26.5.